The van der Waals surface area contributed by atoms with Crippen molar-refractivity contribution in [2.45, 2.75) is 45.3 Å². The van der Waals surface area contributed by atoms with Crippen molar-refractivity contribution in [2.75, 3.05) is 6.54 Å². The third kappa shape index (κ3) is 1.85. The number of nitrogens with zero attached hydrogens (tertiary/aromatic N) is 1. The molecule has 0 aromatic heterocycles. The van der Waals surface area contributed by atoms with Crippen molar-refractivity contribution in [3.63, 3.8) is 0 Å². The van der Waals surface area contributed by atoms with Crippen LogP contribution < -0.4 is 0 Å². The molecule has 1 aliphatic heterocycles. The van der Waals surface area contributed by atoms with Gasteiger partial charge < -0.3 is 4.74 Å². The second-order valence-corrected chi connectivity index (χ2v) is 5.33. The van der Waals surface area contributed by atoms with Gasteiger partial charge in [0, 0.05) is 12.5 Å². The molecule has 1 amide bonds. The number of piperidine rings is 1. The molecule has 0 N–H and O–H groups in total. The van der Waals surface area contributed by atoms with Gasteiger partial charge in [-0.1, -0.05) is 0 Å². The van der Waals surface area contributed by atoms with Crippen LogP contribution in [0.2, 0.25) is 0 Å². The molecular weight excluding hydrogens is 194 g/mol. The molecule has 1 saturated carbocycles. The minimum atomic E-state index is -0.484. The van der Waals surface area contributed by atoms with E-state index in [9.17, 15) is 9.59 Å². The molecule has 0 aromatic carbocycles. The Bertz CT molecular complexity index is 305. The number of carbonyl (C=O) groups excluding carboxylic acids is 2. The van der Waals surface area contributed by atoms with Gasteiger partial charge in [-0.05, 0) is 33.6 Å². The topological polar surface area (TPSA) is 46.6 Å². The number of ketones is 1. The summed E-state index contributed by atoms with van der Waals surface area (Å²) in [7, 11) is 0. The van der Waals surface area contributed by atoms with Gasteiger partial charge in [0.25, 0.3) is 0 Å². The minimum absolute atomic E-state index is 0.0718. The van der Waals surface area contributed by atoms with Crippen LogP contribution in [-0.4, -0.2) is 35.0 Å². The lowest BCUT2D eigenvalue weighted by atomic mass is 10.1. The van der Waals surface area contributed by atoms with Gasteiger partial charge in [0.15, 0.2) is 5.78 Å². The Kier molecular flexibility index (Phi) is 2.24. The summed E-state index contributed by atoms with van der Waals surface area (Å²) in [5.74, 6) is 0.295. The summed E-state index contributed by atoms with van der Waals surface area (Å²) in [5.41, 5.74) is -0.484. The van der Waals surface area contributed by atoms with Crippen LogP contribution in [-0.2, 0) is 9.53 Å². The number of carbonyl (C=O) groups is 2. The second-order valence-electron chi connectivity index (χ2n) is 5.33. The molecule has 0 unspecified atom stereocenters. The van der Waals surface area contributed by atoms with Gasteiger partial charge in [0.05, 0.1) is 6.04 Å². The Hall–Kier alpha value is -1.06. The Morgan fingerprint density at radius 3 is 2.47 bits per heavy atom. The third-order valence-electron chi connectivity index (χ3n) is 2.94. The first-order valence-corrected chi connectivity index (χ1v) is 5.42. The van der Waals surface area contributed by atoms with Crippen molar-refractivity contribution in [3.05, 3.63) is 0 Å². The highest BCUT2D eigenvalue weighted by Gasteiger charge is 2.48. The standard InChI is InChI=1S/C11H17NO3/c1-11(2,3)15-10(14)12-6-7-4-5-8(12)9(7)13/h7-8H,4-6H2,1-3H3/t7-,8-/m0/s1. The number of hydrogen-bond donors (Lipinski definition) is 0. The highest BCUT2D eigenvalue weighted by atomic mass is 16.6. The predicted molar refractivity (Wildman–Crippen MR) is 54.5 cm³/mol. The highest BCUT2D eigenvalue weighted by molar-refractivity contribution is 5.94. The molecule has 2 rings (SSSR count). The van der Waals surface area contributed by atoms with Crippen LogP contribution in [0.3, 0.4) is 0 Å². The van der Waals surface area contributed by atoms with Crippen LogP contribution in [0.25, 0.3) is 0 Å². The van der Waals surface area contributed by atoms with Crippen LogP contribution in [0.5, 0.6) is 0 Å². The summed E-state index contributed by atoms with van der Waals surface area (Å²) in [6.07, 6.45) is 1.40. The van der Waals surface area contributed by atoms with Crippen molar-refractivity contribution < 1.29 is 14.3 Å². The monoisotopic (exact) mass is 211 g/mol. The van der Waals surface area contributed by atoms with Crippen LogP contribution in [0.1, 0.15) is 33.6 Å². The van der Waals surface area contributed by atoms with E-state index in [1.807, 2.05) is 20.8 Å². The average molecular weight is 211 g/mol. The van der Waals surface area contributed by atoms with Crippen LogP contribution in [0, 0.1) is 5.92 Å². The highest BCUT2D eigenvalue weighted by Crippen LogP contribution is 2.35. The molecule has 0 aromatic rings. The van der Waals surface area contributed by atoms with Crippen molar-refractivity contribution in [1.82, 2.24) is 4.90 Å². The summed E-state index contributed by atoms with van der Waals surface area (Å²) in [5, 5.41) is 0. The molecule has 2 bridgehead atoms. The molecule has 4 nitrogen and oxygen atoms in total. The van der Waals surface area contributed by atoms with E-state index in [4.69, 9.17) is 4.74 Å². The van der Waals surface area contributed by atoms with E-state index in [1.165, 1.54) is 0 Å². The fourth-order valence-corrected chi connectivity index (χ4v) is 2.29. The minimum Gasteiger partial charge on any atom is -0.444 e. The number of rotatable bonds is 0. The Balaban J connectivity index is 2.02. The van der Waals surface area contributed by atoms with Crippen molar-refractivity contribution in [1.29, 1.82) is 0 Å². The van der Waals surface area contributed by atoms with Crippen LogP contribution in [0.15, 0.2) is 0 Å². The van der Waals surface area contributed by atoms with Gasteiger partial charge in [-0.3, -0.25) is 9.69 Å². The van der Waals surface area contributed by atoms with Gasteiger partial charge in [-0.25, -0.2) is 4.79 Å². The molecular formula is C11H17NO3. The fraction of sp³-hybridized carbons (Fsp3) is 0.818. The van der Waals surface area contributed by atoms with Gasteiger partial charge in [-0.15, -0.1) is 0 Å². The van der Waals surface area contributed by atoms with E-state index < -0.39 is 5.60 Å². The molecule has 1 heterocycles. The van der Waals surface area contributed by atoms with E-state index in [2.05, 4.69) is 0 Å². The van der Waals surface area contributed by atoms with E-state index in [-0.39, 0.29) is 23.8 Å². The zero-order valence-corrected chi connectivity index (χ0v) is 9.45. The maximum absolute atomic E-state index is 11.7. The lowest BCUT2D eigenvalue weighted by Crippen LogP contribution is -2.42. The zero-order valence-electron chi connectivity index (χ0n) is 9.45. The molecule has 1 aliphatic carbocycles. The third-order valence-corrected chi connectivity index (χ3v) is 2.94. The maximum Gasteiger partial charge on any atom is 0.410 e. The summed E-state index contributed by atoms with van der Waals surface area (Å²) >= 11 is 0. The first kappa shape index (κ1) is 10.5. The molecule has 1 saturated heterocycles. The van der Waals surface area contributed by atoms with Crippen molar-refractivity contribution >= 4 is 11.9 Å². The second kappa shape index (κ2) is 3.22. The molecule has 15 heavy (non-hydrogen) atoms. The molecule has 2 aliphatic rings. The number of likely N-dealkylation sites (tertiary alicyclic amines) is 1. The molecule has 2 fully saturated rings. The number of amides is 1. The number of hydrogen-bond acceptors (Lipinski definition) is 3. The van der Waals surface area contributed by atoms with Gasteiger partial charge in [-0.2, -0.15) is 0 Å². The molecule has 0 spiro atoms. The van der Waals surface area contributed by atoms with E-state index >= 15 is 0 Å². The summed E-state index contributed by atoms with van der Waals surface area (Å²) < 4.78 is 5.26. The lowest BCUT2D eigenvalue weighted by molar-refractivity contribution is -0.120. The summed E-state index contributed by atoms with van der Waals surface area (Å²) in [6.45, 7) is 6.06. The zero-order chi connectivity index (χ0) is 11.2. The van der Waals surface area contributed by atoms with Gasteiger partial charge in [0.1, 0.15) is 5.60 Å². The van der Waals surface area contributed by atoms with E-state index in [0.29, 0.717) is 6.54 Å². The average Bonchev–Trinajstić information content (AvgIpc) is 2.59. The van der Waals surface area contributed by atoms with Crippen molar-refractivity contribution in [3.8, 4) is 0 Å². The Morgan fingerprint density at radius 1 is 1.40 bits per heavy atom. The smallest absolute Gasteiger partial charge is 0.410 e. The van der Waals surface area contributed by atoms with E-state index in [1.54, 1.807) is 4.90 Å². The Morgan fingerprint density at radius 2 is 2.07 bits per heavy atom. The largest absolute Gasteiger partial charge is 0.444 e. The quantitative estimate of drug-likeness (QED) is 0.611. The summed E-state index contributed by atoms with van der Waals surface area (Å²) in [4.78, 5) is 24.9. The van der Waals surface area contributed by atoms with Crippen LogP contribution in [0.4, 0.5) is 4.79 Å². The fourth-order valence-electron chi connectivity index (χ4n) is 2.29. The van der Waals surface area contributed by atoms with E-state index in [0.717, 1.165) is 12.8 Å². The van der Waals surface area contributed by atoms with Crippen molar-refractivity contribution in [2.24, 2.45) is 5.92 Å². The SMILES string of the molecule is CC(C)(C)OC(=O)N1C[C@@H]2CC[C@H]1C2=O. The number of fused-ring (bicyclic) bond motifs is 2. The summed E-state index contributed by atoms with van der Waals surface area (Å²) in [6, 6.07) is -0.204. The van der Waals surface area contributed by atoms with Gasteiger partial charge in [0.2, 0.25) is 0 Å². The molecule has 84 valence electrons. The molecule has 0 radical (unpaired) electrons. The first-order chi connectivity index (χ1) is 6.88. The van der Waals surface area contributed by atoms with Gasteiger partial charge >= 0.3 is 6.09 Å². The molecule has 2 atom stereocenters. The first-order valence-electron chi connectivity index (χ1n) is 5.42. The maximum atomic E-state index is 11.7. The Labute approximate surface area is 89.6 Å². The molecule has 4 heteroatoms. The normalized spacial score (nSPS) is 29.8. The number of ether oxygens (including phenoxy) is 1. The predicted octanol–water partition coefficient (Wildman–Crippen LogP) is 1.58. The van der Waals surface area contributed by atoms with Crippen LogP contribution >= 0.6 is 0 Å². The number of Topliss-reactive ketones (excluding diaryl/α,β-unsaturated/α-hetero) is 1. The lowest BCUT2D eigenvalue weighted by Gasteiger charge is -2.29.